The quantitative estimate of drug-likeness (QED) is 0.888. The summed E-state index contributed by atoms with van der Waals surface area (Å²) in [6.45, 7) is 3.99. The lowest BCUT2D eigenvalue weighted by Crippen LogP contribution is -2.26. The van der Waals surface area contributed by atoms with Gasteiger partial charge >= 0.3 is 0 Å². The molecule has 0 aliphatic rings. The molecule has 0 aliphatic heterocycles. The third-order valence-corrected chi connectivity index (χ3v) is 4.32. The number of rotatable bonds is 6. The molecule has 118 valence electrons. The Bertz CT molecular complexity index is 655. The monoisotopic (exact) mass is 320 g/mol. The molecule has 2 aromatic rings. The highest BCUT2D eigenvalue weighted by Crippen LogP contribution is 2.27. The standard InChI is InChI=1S/C16H20N2O3S/c1-5-15-18-12(9-22-15)10(2)17-16(19)11-6-7-13(20-3)14(8-11)21-4/h6-10H,5H2,1-4H3,(H,17,19). The van der Waals surface area contributed by atoms with Gasteiger partial charge in [-0.05, 0) is 31.5 Å². The molecule has 1 N–H and O–H groups in total. The van der Waals surface area contributed by atoms with Gasteiger partial charge in [-0.3, -0.25) is 4.79 Å². The molecule has 1 heterocycles. The first-order chi connectivity index (χ1) is 10.6. The molecular weight excluding hydrogens is 300 g/mol. The molecule has 1 aromatic heterocycles. The van der Waals surface area contributed by atoms with Gasteiger partial charge in [0.05, 0.1) is 31.0 Å². The number of thiazole rings is 1. The lowest BCUT2D eigenvalue weighted by molar-refractivity contribution is 0.0939. The van der Waals surface area contributed by atoms with E-state index in [9.17, 15) is 4.79 Å². The molecule has 22 heavy (non-hydrogen) atoms. The summed E-state index contributed by atoms with van der Waals surface area (Å²) in [5.74, 6) is 0.961. The molecule has 0 saturated heterocycles. The number of nitrogens with one attached hydrogen (secondary N) is 1. The van der Waals surface area contributed by atoms with Crippen molar-refractivity contribution in [3.63, 3.8) is 0 Å². The Morgan fingerprint density at radius 3 is 2.64 bits per heavy atom. The Labute approximate surface area is 134 Å². The number of hydrogen-bond donors (Lipinski definition) is 1. The van der Waals surface area contributed by atoms with Crippen molar-refractivity contribution in [3.8, 4) is 11.5 Å². The molecule has 6 heteroatoms. The van der Waals surface area contributed by atoms with Crippen molar-refractivity contribution >= 4 is 17.2 Å². The lowest BCUT2D eigenvalue weighted by Gasteiger charge is -2.13. The molecule has 0 bridgehead atoms. The van der Waals surface area contributed by atoms with Crippen molar-refractivity contribution < 1.29 is 14.3 Å². The smallest absolute Gasteiger partial charge is 0.251 e. The van der Waals surface area contributed by atoms with Gasteiger partial charge in [-0.1, -0.05) is 6.92 Å². The van der Waals surface area contributed by atoms with E-state index in [4.69, 9.17) is 9.47 Å². The lowest BCUT2D eigenvalue weighted by atomic mass is 10.1. The maximum atomic E-state index is 12.3. The molecule has 5 nitrogen and oxygen atoms in total. The highest BCUT2D eigenvalue weighted by Gasteiger charge is 2.15. The summed E-state index contributed by atoms with van der Waals surface area (Å²) in [5, 5.41) is 6.00. The van der Waals surface area contributed by atoms with Gasteiger partial charge in [0.2, 0.25) is 0 Å². The number of hydrogen-bond acceptors (Lipinski definition) is 5. The van der Waals surface area contributed by atoms with Gasteiger partial charge in [0, 0.05) is 10.9 Å². The summed E-state index contributed by atoms with van der Waals surface area (Å²) in [6.07, 6.45) is 0.904. The zero-order valence-electron chi connectivity index (χ0n) is 13.2. The van der Waals surface area contributed by atoms with E-state index in [0.29, 0.717) is 17.1 Å². The summed E-state index contributed by atoms with van der Waals surface area (Å²) in [5.41, 5.74) is 1.41. The minimum absolute atomic E-state index is 0.142. The van der Waals surface area contributed by atoms with E-state index in [2.05, 4.69) is 17.2 Å². The fraction of sp³-hybridized carbons (Fsp3) is 0.375. The van der Waals surface area contributed by atoms with Gasteiger partial charge in [0.25, 0.3) is 5.91 Å². The van der Waals surface area contributed by atoms with Gasteiger partial charge in [0.1, 0.15) is 0 Å². The summed E-state index contributed by atoms with van der Waals surface area (Å²) in [6, 6.07) is 4.95. The van der Waals surface area contributed by atoms with Crippen molar-refractivity contribution in [2.24, 2.45) is 0 Å². The number of nitrogens with zero attached hydrogens (tertiary/aromatic N) is 1. The first-order valence-corrected chi connectivity index (χ1v) is 7.94. The number of methoxy groups -OCH3 is 2. The molecular formula is C16H20N2O3S. The minimum atomic E-state index is -0.167. The van der Waals surface area contributed by atoms with E-state index in [1.165, 1.54) is 0 Å². The van der Waals surface area contributed by atoms with Gasteiger partial charge in [-0.2, -0.15) is 0 Å². The van der Waals surface area contributed by atoms with Gasteiger partial charge in [-0.25, -0.2) is 4.98 Å². The van der Waals surface area contributed by atoms with Crippen molar-refractivity contribution in [3.05, 3.63) is 39.8 Å². The Balaban J connectivity index is 2.11. The van der Waals surface area contributed by atoms with Crippen LogP contribution in [-0.4, -0.2) is 25.1 Å². The van der Waals surface area contributed by atoms with Gasteiger partial charge in [-0.15, -0.1) is 11.3 Å². The van der Waals surface area contributed by atoms with Crippen LogP contribution in [0.25, 0.3) is 0 Å². The van der Waals surface area contributed by atoms with E-state index >= 15 is 0 Å². The zero-order valence-corrected chi connectivity index (χ0v) is 14.0. The van der Waals surface area contributed by atoms with Crippen LogP contribution in [0, 0.1) is 0 Å². The molecule has 0 aliphatic carbocycles. The normalized spacial score (nSPS) is 11.8. The Morgan fingerprint density at radius 1 is 1.32 bits per heavy atom. The van der Waals surface area contributed by atoms with Crippen molar-refractivity contribution in [2.75, 3.05) is 14.2 Å². The van der Waals surface area contributed by atoms with Crippen LogP contribution in [-0.2, 0) is 6.42 Å². The highest BCUT2D eigenvalue weighted by atomic mass is 32.1. The molecule has 0 fully saturated rings. The summed E-state index contributed by atoms with van der Waals surface area (Å²) in [4.78, 5) is 16.8. The number of aromatic nitrogens is 1. The number of carbonyl (C=O) groups excluding carboxylic acids is 1. The number of carbonyl (C=O) groups is 1. The summed E-state index contributed by atoms with van der Waals surface area (Å²) in [7, 11) is 3.11. The molecule has 0 radical (unpaired) electrons. The largest absolute Gasteiger partial charge is 0.493 e. The Kier molecular flexibility index (Phi) is 5.38. The van der Waals surface area contributed by atoms with Crippen molar-refractivity contribution in [1.82, 2.24) is 10.3 Å². The van der Waals surface area contributed by atoms with Gasteiger partial charge in [0.15, 0.2) is 11.5 Å². The third kappa shape index (κ3) is 3.57. The maximum Gasteiger partial charge on any atom is 0.251 e. The number of ether oxygens (including phenoxy) is 2. The third-order valence-electron chi connectivity index (χ3n) is 3.31. The van der Waals surface area contributed by atoms with Crippen LogP contribution in [0.1, 0.15) is 40.9 Å². The SMILES string of the molecule is CCc1nc(C(C)NC(=O)c2ccc(OC)c(OC)c2)cs1. The fourth-order valence-electron chi connectivity index (χ4n) is 2.02. The Morgan fingerprint density at radius 2 is 2.05 bits per heavy atom. The topological polar surface area (TPSA) is 60.5 Å². The molecule has 2 rings (SSSR count). The molecule has 1 aromatic carbocycles. The first kappa shape index (κ1) is 16.3. The molecule has 1 amide bonds. The average molecular weight is 320 g/mol. The van der Waals surface area contributed by atoms with Crippen molar-refractivity contribution in [2.45, 2.75) is 26.3 Å². The summed E-state index contributed by atoms with van der Waals surface area (Å²) >= 11 is 1.61. The van der Waals surface area contributed by atoms with E-state index in [-0.39, 0.29) is 11.9 Å². The van der Waals surface area contributed by atoms with Gasteiger partial charge < -0.3 is 14.8 Å². The van der Waals surface area contributed by atoms with E-state index in [1.54, 1.807) is 43.8 Å². The van der Waals surface area contributed by atoms with E-state index in [0.717, 1.165) is 17.1 Å². The molecule has 0 spiro atoms. The Hall–Kier alpha value is -2.08. The molecule has 0 saturated carbocycles. The summed E-state index contributed by atoms with van der Waals surface area (Å²) < 4.78 is 10.4. The number of benzene rings is 1. The number of aryl methyl sites for hydroxylation is 1. The van der Waals surface area contributed by atoms with E-state index < -0.39 is 0 Å². The number of amides is 1. The predicted molar refractivity (Wildman–Crippen MR) is 86.9 cm³/mol. The van der Waals surface area contributed by atoms with Crippen LogP contribution in [0.5, 0.6) is 11.5 Å². The average Bonchev–Trinajstić information content (AvgIpc) is 3.03. The van der Waals surface area contributed by atoms with Crippen LogP contribution in [0.2, 0.25) is 0 Å². The maximum absolute atomic E-state index is 12.3. The zero-order chi connectivity index (χ0) is 16.1. The van der Waals surface area contributed by atoms with Crippen molar-refractivity contribution in [1.29, 1.82) is 0 Å². The second kappa shape index (κ2) is 7.26. The second-order valence-corrected chi connectivity index (χ2v) is 5.73. The van der Waals surface area contributed by atoms with Crippen LogP contribution in [0.3, 0.4) is 0 Å². The van der Waals surface area contributed by atoms with Crippen LogP contribution in [0.15, 0.2) is 23.6 Å². The van der Waals surface area contributed by atoms with Crippen LogP contribution in [0.4, 0.5) is 0 Å². The first-order valence-electron chi connectivity index (χ1n) is 7.06. The minimum Gasteiger partial charge on any atom is -0.493 e. The molecule has 1 unspecified atom stereocenters. The second-order valence-electron chi connectivity index (χ2n) is 4.78. The molecule has 1 atom stereocenters. The van der Waals surface area contributed by atoms with E-state index in [1.807, 2.05) is 12.3 Å². The fourth-order valence-corrected chi connectivity index (χ4v) is 2.86. The highest BCUT2D eigenvalue weighted by molar-refractivity contribution is 7.09. The van der Waals surface area contributed by atoms with Crippen LogP contribution >= 0.6 is 11.3 Å². The predicted octanol–water partition coefficient (Wildman–Crippen LogP) is 3.21. The van der Waals surface area contributed by atoms with Crippen LogP contribution < -0.4 is 14.8 Å².